The number of amides is 1. The SMILES string of the molecule is CC(C)(C)CCNC(=O)C1CCC(C(=O)O)C1. The van der Waals surface area contributed by atoms with Crippen LogP contribution in [0.2, 0.25) is 0 Å². The molecule has 0 saturated heterocycles. The Hall–Kier alpha value is -1.06. The number of rotatable bonds is 4. The van der Waals surface area contributed by atoms with E-state index in [9.17, 15) is 9.59 Å². The molecule has 0 aliphatic heterocycles. The van der Waals surface area contributed by atoms with Gasteiger partial charge >= 0.3 is 5.97 Å². The van der Waals surface area contributed by atoms with E-state index in [1.54, 1.807) is 0 Å². The van der Waals surface area contributed by atoms with E-state index < -0.39 is 5.97 Å². The Morgan fingerprint density at radius 2 is 1.82 bits per heavy atom. The number of carboxylic acid groups (broad SMARTS) is 1. The van der Waals surface area contributed by atoms with Gasteiger partial charge in [0.15, 0.2) is 0 Å². The number of nitrogens with one attached hydrogen (secondary N) is 1. The average molecular weight is 241 g/mol. The van der Waals surface area contributed by atoms with Crippen LogP contribution in [0, 0.1) is 17.3 Å². The summed E-state index contributed by atoms with van der Waals surface area (Å²) in [7, 11) is 0. The molecule has 1 saturated carbocycles. The first-order valence-electron chi connectivity index (χ1n) is 6.30. The maximum Gasteiger partial charge on any atom is 0.306 e. The summed E-state index contributed by atoms with van der Waals surface area (Å²) in [4.78, 5) is 22.6. The van der Waals surface area contributed by atoms with E-state index in [2.05, 4.69) is 26.1 Å². The third-order valence-electron chi connectivity index (χ3n) is 3.33. The molecule has 0 aromatic carbocycles. The van der Waals surface area contributed by atoms with Crippen LogP contribution >= 0.6 is 0 Å². The van der Waals surface area contributed by atoms with Crippen LogP contribution in [0.25, 0.3) is 0 Å². The van der Waals surface area contributed by atoms with Gasteiger partial charge in [0.25, 0.3) is 0 Å². The van der Waals surface area contributed by atoms with E-state index in [-0.39, 0.29) is 23.2 Å². The fraction of sp³-hybridized carbons (Fsp3) is 0.846. The van der Waals surface area contributed by atoms with Gasteiger partial charge in [-0.3, -0.25) is 9.59 Å². The van der Waals surface area contributed by atoms with Crippen molar-refractivity contribution in [2.24, 2.45) is 17.3 Å². The van der Waals surface area contributed by atoms with Crippen molar-refractivity contribution in [1.29, 1.82) is 0 Å². The zero-order valence-corrected chi connectivity index (χ0v) is 11.0. The fourth-order valence-corrected chi connectivity index (χ4v) is 2.15. The first-order chi connectivity index (χ1) is 7.79. The molecule has 0 aromatic rings. The molecule has 0 heterocycles. The zero-order chi connectivity index (χ0) is 13.1. The molecule has 1 fully saturated rings. The highest BCUT2D eigenvalue weighted by molar-refractivity contribution is 5.80. The summed E-state index contributed by atoms with van der Waals surface area (Å²) in [6.07, 6.45) is 2.77. The summed E-state index contributed by atoms with van der Waals surface area (Å²) in [6.45, 7) is 7.08. The van der Waals surface area contributed by atoms with Crippen molar-refractivity contribution in [1.82, 2.24) is 5.32 Å². The quantitative estimate of drug-likeness (QED) is 0.791. The van der Waals surface area contributed by atoms with Crippen molar-refractivity contribution >= 4 is 11.9 Å². The summed E-state index contributed by atoms with van der Waals surface area (Å²) >= 11 is 0. The largest absolute Gasteiger partial charge is 0.481 e. The lowest BCUT2D eigenvalue weighted by Gasteiger charge is -2.19. The van der Waals surface area contributed by atoms with Gasteiger partial charge in [-0.1, -0.05) is 20.8 Å². The Morgan fingerprint density at radius 3 is 2.29 bits per heavy atom. The molecular formula is C13H23NO3. The summed E-state index contributed by atoms with van der Waals surface area (Å²) in [5, 5.41) is 11.8. The van der Waals surface area contributed by atoms with Gasteiger partial charge in [0.2, 0.25) is 5.91 Å². The monoisotopic (exact) mass is 241 g/mol. The number of carboxylic acids is 1. The van der Waals surface area contributed by atoms with Gasteiger partial charge in [-0.2, -0.15) is 0 Å². The second kappa shape index (κ2) is 5.52. The van der Waals surface area contributed by atoms with Gasteiger partial charge < -0.3 is 10.4 Å². The zero-order valence-electron chi connectivity index (χ0n) is 11.0. The molecule has 0 bridgehead atoms. The van der Waals surface area contributed by atoms with Gasteiger partial charge in [-0.15, -0.1) is 0 Å². The topological polar surface area (TPSA) is 66.4 Å². The van der Waals surface area contributed by atoms with Crippen molar-refractivity contribution in [2.75, 3.05) is 6.54 Å². The van der Waals surface area contributed by atoms with Crippen LogP contribution in [0.1, 0.15) is 46.5 Å². The van der Waals surface area contributed by atoms with Gasteiger partial charge in [0.05, 0.1) is 5.92 Å². The Morgan fingerprint density at radius 1 is 1.24 bits per heavy atom. The van der Waals surface area contributed by atoms with Crippen molar-refractivity contribution < 1.29 is 14.7 Å². The van der Waals surface area contributed by atoms with E-state index in [4.69, 9.17) is 5.11 Å². The lowest BCUT2D eigenvalue weighted by Crippen LogP contribution is -2.32. The summed E-state index contributed by atoms with van der Waals surface area (Å²) < 4.78 is 0. The predicted octanol–water partition coefficient (Wildman–Crippen LogP) is 2.04. The molecule has 17 heavy (non-hydrogen) atoms. The molecule has 1 rings (SSSR count). The second-order valence-electron chi connectivity index (χ2n) is 6.15. The number of hydrogen-bond donors (Lipinski definition) is 2. The smallest absolute Gasteiger partial charge is 0.306 e. The molecule has 0 aromatic heterocycles. The molecule has 1 amide bonds. The van der Waals surface area contributed by atoms with Gasteiger partial charge in [0, 0.05) is 12.5 Å². The van der Waals surface area contributed by atoms with Gasteiger partial charge in [0.1, 0.15) is 0 Å². The highest BCUT2D eigenvalue weighted by Gasteiger charge is 2.33. The van der Waals surface area contributed by atoms with Crippen LogP contribution in [-0.4, -0.2) is 23.5 Å². The standard InChI is InChI=1S/C13H23NO3/c1-13(2,3)6-7-14-11(15)9-4-5-10(8-9)12(16)17/h9-10H,4-8H2,1-3H3,(H,14,15)(H,16,17). The lowest BCUT2D eigenvalue weighted by atomic mass is 9.92. The summed E-state index contributed by atoms with van der Waals surface area (Å²) in [5.74, 6) is -1.17. The van der Waals surface area contributed by atoms with Crippen molar-refractivity contribution in [3.63, 3.8) is 0 Å². The molecule has 1 aliphatic carbocycles. The average Bonchev–Trinajstić information content (AvgIpc) is 2.63. The number of carbonyl (C=O) groups is 2. The summed E-state index contributed by atoms with van der Waals surface area (Å²) in [5.41, 5.74) is 0.215. The van der Waals surface area contributed by atoms with E-state index in [1.807, 2.05) is 0 Å². The van der Waals surface area contributed by atoms with Crippen LogP contribution < -0.4 is 5.32 Å². The lowest BCUT2D eigenvalue weighted by molar-refractivity contribution is -0.141. The van der Waals surface area contributed by atoms with Crippen LogP contribution in [0.15, 0.2) is 0 Å². The van der Waals surface area contributed by atoms with E-state index in [1.165, 1.54) is 0 Å². The van der Waals surface area contributed by atoms with Crippen LogP contribution in [0.3, 0.4) is 0 Å². The number of carbonyl (C=O) groups excluding carboxylic acids is 1. The molecule has 4 nitrogen and oxygen atoms in total. The maximum atomic E-state index is 11.8. The van der Waals surface area contributed by atoms with Crippen LogP contribution in [0.4, 0.5) is 0 Å². The van der Waals surface area contributed by atoms with Crippen LogP contribution in [-0.2, 0) is 9.59 Å². The molecule has 98 valence electrons. The highest BCUT2D eigenvalue weighted by atomic mass is 16.4. The van der Waals surface area contributed by atoms with Crippen molar-refractivity contribution in [3.05, 3.63) is 0 Å². The molecule has 0 radical (unpaired) electrons. The van der Waals surface area contributed by atoms with E-state index in [0.29, 0.717) is 25.8 Å². The van der Waals surface area contributed by atoms with Crippen molar-refractivity contribution in [2.45, 2.75) is 46.5 Å². The minimum atomic E-state index is -0.769. The Labute approximate surface area is 103 Å². The van der Waals surface area contributed by atoms with Gasteiger partial charge in [-0.05, 0) is 31.1 Å². The Kier molecular flexibility index (Phi) is 4.54. The Bertz CT molecular complexity index is 294. The normalized spacial score (nSPS) is 24.6. The highest BCUT2D eigenvalue weighted by Crippen LogP contribution is 2.31. The molecular weight excluding hydrogens is 218 g/mol. The predicted molar refractivity (Wildman–Crippen MR) is 65.5 cm³/mol. The molecule has 4 heteroatoms. The fourth-order valence-electron chi connectivity index (χ4n) is 2.15. The molecule has 0 spiro atoms. The third-order valence-corrected chi connectivity index (χ3v) is 3.33. The first kappa shape index (κ1) is 14.0. The third kappa shape index (κ3) is 4.75. The molecule has 2 unspecified atom stereocenters. The van der Waals surface area contributed by atoms with E-state index in [0.717, 1.165) is 6.42 Å². The molecule has 2 atom stereocenters. The first-order valence-corrected chi connectivity index (χ1v) is 6.30. The summed E-state index contributed by atoms with van der Waals surface area (Å²) in [6, 6.07) is 0. The number of hydrogen-bond acceptors (Lipinski definition) is 2. The number of aliphatic carboxylic acids is 1. The molecule has 1 aliphatic rings. The van der Waals surface area contributed by atoms with Gasteiger partial charge in [-0.25, -0.2) is 0 Å². The minimum absolute atomic E-state index is 0.0259. The van der Waals surface area contributed by atoms with E-state index >= 15 is 0 Å². The van der Waals surface area contributed by atoms with Crippen LogP contribution in [0.5, 0.6) is 0 Å². The van der Waals surface area contributed by atoms with Crippen molar-refractivity contribution in [3.8, 4) is 0 Å². The maximum absolute atomic E-state index is 11.8. The second-order valence-corrected chi connectivity index (χ2v) is 6.15. The minimum Gasteiger partial charge on any atom is -0.481 e. The molecule has 2 N–H and O–H groups in total. The Balaban J connectivity index is 2.28.